The first kappa shape index (κ1) is 18.4. The summed E-state index contributed by atoms with van der Waals surface area (Å²) in [5.41, 5.74) is 2.80. The summed E-state index contributed by atoms with van der Waals surface area (Å²) in [6.07, 6.45) is 0.528. The van der Waals surface area contributed by atoms with E-state index in [2.05, 4.69) is 4.98 Å². The van der Waals surface area contributed by atoms with Crippen molar-refractivity contribution in [1.82, 2.24) is 4.98 Å². The average molecular weight is 388 g/mol. The maximum Gasteiger partial charge on any atom is 0.367 e. The van der Waals surface area contributed by atoms with Crippen LogP contribution in [0.5, 0.6) is 5.75 Å². The molecule has 0 atom stereocenters. The summed E-state index contributed by atoms with van der Waals surface area (Å²) in [6.45, 7) is 2.58. The molecule has 0 aliphatic rings. The van der Waals surface area contributed by atoms with Crippen LogP contribution in [0.4, 0.5) is 0 Å². The second kappa shape index (κ2) is 8.83. The summed E-state index contributed by atoms with van der Waals surface area (Å²) >= 11 is 7.43. The van der Waals surface area contributed by atoms with Crippen LogP contribution < -0.4 is 4.74 Å². The van der Waals surface area contributed by atoms with Crippen molar-refractivity contribution in [2.75, 3.05) is 6.61 Å². The van der Waals surface area contributed by atoms with E-state index in [-0.39, 0.29) is 0 Å². The molecule has 2 aromatic carbocycles. The minimum atomic E-state index is -0.393. The Kier molecular flexibility index (Phi) is 6.26. The standard InChI is InChI=1S/C20H18ClNO3S/c1-2-24-20(23)19-22-17(13-26-19)11-15-10-16(21)8-9-18(15)25-12-14-6-4-3-5-7-14/h3-10,13H,2,11-12H2,1H3. The first-order valence-electron chi connectivity index (χ1n) is 8.22. The lowest BCUT2D eigenvalue weighted by molar-refractivity contribution is 0.0525. The van der Waals surface area contributed by atoms with Crippen LogP contribution in [-0.2, 0) is 17.8 Å². The number of hydrogen-bond donors (Lipinski definition) is 0. The molecule has 0 aliphatic heterocycles. The van der Waals surface area contributed by atoms with Gasteiger partial charge in [0.15, 0.2) is 0 Å². The van der Waals surface area contributed by atoms with Gasteiger partial charge < -0.3 is 9.47 Å². The molecule has 0 amide bonds. The van der Waals surface area contributed by atoms with Gasteiger partial charge in [-0.2, -0.15) is 0 Å². The van der Waals surface area contributed by atoms with Crippen molar-refractivity contribution < 1.29 is 14.3 Å². The van der Waals surface area contributed by atoms with E-state index in [1.807, 2.05) is 47.8 Å². The molecule has 26 heavy (non-hydrogen) atoms. The van der Waals surface area contributed by atoms with E-state index in [4.69, 9.17) is 21.1 Å². The third-order valence-electron chi connectivity index (χ3n) is 3.63. The molecule has 1 aromatic heterocycles. The predicted octanol–water partition coefficient (Wildman–Crippen LogP) is 5.14. The maximum absolute atomic E-state index is 11.8. The number of hydrogen-bond acceptors (Lipinski definition) is 5. The van der Waals surface area contributed by atoms with E-state index in [1.165, 1.54) is 11.3 Å². The Labute approximate surface area is 161 Å². The van der Waals surface area contributed by atoms with Gasteiger partial charge in [0.05, 0.1) is 12.3 Å². The van der Waals surface area contributed by atoms with Crippen LogP contribution in [-0.4, -0.2) is 17.6 Å². The Morgan fingerprint density at radius 3 is 2.77 bits per heavy atom. The fourth-order valence-corrected chi connectivity index (χ4v) is 3.34. The third kappa shape index (κ3) is 4.84. The molecule has 3 rings (SSSR count). The van der Waals surface area contributed by atoms with Crippen molar-refractivity contribution in [3.63, 3.8) is 0 Å². The zero-order chi connectivity index (χ0) is 18.4. The Morgan fingerprint density at radius 2 is 2.00 bits per heavy atom. The Morgan fingerprint density at radius 1 is 1.19 bits per heavy atom. The number of carbonyl (C=O) groups is 1. The van der Waals surface area contributed by atoms with Crippen molar-refractivity contribution in [1.29, 1.82) is 0 Å². The number of carbonyl (C=O) groups excluding carboxylic acids is 1. The van der Waals surface area contributed by atoms with E-state index in [0.29, 0.717) is 29.7 Å². The summed E-state index contributed by atoms with van der Waals surface area (Å²) in [7, 11) is 0. The summed E-state index contributed by atoms with van der Waals surface area (Å²) in [6, 6.07) is 15.5. The highest BCUT2D eigenvalue weighted by Gasteiger charge is 2.14. The average Bonchev–Trinajstić information content (AvgIpc) is 3.11. The van der Waals surface area contributed by atoms with Gasteiger partial charge in [0.1, 0.15) is 12.4 Å². The zero-order valence-corrected chi connectivity index (χ0v) is 15.8. The number of esters is 1. The molecule has 0 bridgehead atoms. The molecule has 0 unspecified atom stereocenters. The molecule has 0 fully saturated rings. The smallest absolute Gasteiger partial charge is 0.367 e. The van der Waals surface area contributed by atoms with E-state index in [1.54, 1.807) is 13.0 Å². The Bertz CT molecular complexity index is 880. The summed E-state index contributed by atoms with van der Waals surface area (Å²) in [5.74, 6) is 0.360. The summed E-state index contributed by atoms with van der Waals surface area (Å²) in [4.78, 5) is 16.1. The molecular formula is C20H18ClNO3S. The van der Waals surface area contributed by atoms with Crippen LogP contribution in [0.1, 0.15) is 33.5 Å². The molecule has 0 saturated carbocycles. The monoisotopic (exact) mass is 387 g/mol. The van der Waals surface area contributed by atoms with Crippen LogP contribution in [0.2, 0.25) is 5.02 Å². The molecule has 0 spiro atoms. The summed E-state index contributed by atoms with van der Waals surface area (Å²) in [5, 5.41) is 2.84. The van der Waals surface area contributed by atoms with Crippen molar-refractivity contribution >= 4 is 28.9 Å². The van der Waals surface area contributed by atoms with Crippen molar-refractivity contribution in [3.05, 3.63) is 80.8 Å². The van der Waals surface area contributed by atoms with Crippen LogP contribution in [0.15, 0.2) is 53.9 Å². The van der Waals surface area contributed by atoms with Crippen LogP contribution in [0.25, 0.3) is 0 Å². The number of nitrogens with zero attached hydrogens (tertiary/aromatic N) is 1. The van der Waals surface area contributed by atoms with Crippen molar-refractivity contribution in [2.24, 2.45) is 0 Å². The quantitative estimate of drug-likeness (QED) is 0.526. The van der Waals surface area contributed by atoms with Gasteiger partial charge in [0.2, 0.25) is 5.01 Å². The second-order valence-electron chi connectivity index (χ2n) is 5.57. The second-order valence-corrected chi connectivity index (χ2v) is 6.86. The lowest BCUT2D eigenvalue weighted by Crippen LogP contribution is -2.04. The molecule has 0 saturated heterocycles. The first-order valence-corrected chi connectivity index (χ1v) is 9.48. The number of aromatic nitrogens is 1. The van der Waals surface area contributed by atoms with Gasteiger partial charge >= 0.3 is 5.97 Å². The van der Waals surface area contributed by atoms with E-state index in [0.717, 1.165) is 22.6 Å². The highest BCUT2D eigenvalue weighted by atomic mass is 35.5. The maximum atomic E-state index is 11.8. The van der Waals surface area contributed by atoms with Gasteiger partial charge in [0, 0.05) is 22.4 Å². The van der Waals surface area contributed by atoms with Gasteiger partial charge in [0.25, 0.3) is 0 Å². The highest BCUT2D eigenvalue weighted by Crippen LogP contribution is 2.27. The van der Waals surface area contributed by atoms with Gasteiger partial charge in [-0.1, -0.05) is 41.9 Å². The molecule has 0 aliphatic carbocycles. The van der Waals surface area contributed by atoms with Gasteiger partial charge in [-0.05, 0) is 30.7 Å². The number of thiazole rings is 1. The predicted molar refractivity (Wildman–Crippen MR) is 103 cm³/mol. The van der Waals surface area contributed by atoms with Gasteiger partial charge in [-0.3, -0.25) is 0 Å². The summed E-state index contributed by atoms with van der Waals surface area (Å²) < 4.78 is 11.0. The molecule has 3 aromatic rings. The van der Waals surface area contributed by atoms with Crippen molar-refractivity contribution in [2.45, 2.75) is 20.0 Å². The topological polar surface area (TPSA) is 48.4 Å². The van der Waals surface area contributed by atoms with Gasteiger partial charge in [-0.25, -0.2) is 9.78 Å². The number of benzene rings is 2. The lowest BCUT2D eigenvalue weighted by atomic mass is 10.1. The number of rotatable bonds is 7. The SMILES string of the molecule is CCOC(=O)c1nc(Cc2cc(Cl)ccc2OCc2ccccc2)cs1. The molecule has 134 valence electrons. The van der Waals surface area contributed by atoms with Crippen LogP contribution >= 0.6 is 22.9 Å². The number of ether oxygens (including phenoxy) is 2. The van der Waals surface area contributed by atoms with Gasteiger partial charge in [-0.15, -0.1) is 11.3 Å². The Hall–Kier alpha value is -2.37. The van der Waals surface area contributed by atoms with Crippen molar-refractivity contribution in [3.8, 4) is 5.75 Å². The molecule has 1 heterocycles. The van der Waals surface area contributed by atoms with E-state index < -0.39 is 5.97 Å². The fraction of sp³-hybridized carbons (Fsp3) is 0.200. The van der Waals surface area contributed by atoms with E-state index in [9.17, 15) is 4.79 Å². The fourth-order valence-electron chi connectivity index (χ4n) is 2.43. The minimum Gasteiger partial charge on any atom is -0.489 e. The normalized spacial score (nSPS) is 10.5. The third-order valence-corrected chi connectivity index (χ3v) is 4.74. The lowest BCUT2D eigenvalue weighted by Gasteiger charge is -2.11. The van der Waals surface area contributed by atoms with Crippen LogP contribution in [0.3, 0.4) is 0 Å². The molecule has 0 N–H and O–H groups in total. The largest absolute Gasteiger partial charge is 0.489 e. The molecule has 6 heteroatoms. The molecule has 0 radical (unpaired) electrons. The first-order chi connectivity index (χ1) is 12.7. The Balaban J connectivity index is 1.74. The van der Waals surface area contributed by atoms with Crippen LogP contribution in [0, 0.1) is 0 Å². The minimum absolute atomic E-state index is 0.333. The molecular weight excluding hydrogens is 370 g/mol. The highest BCUT2D eigenvalue weighted by molar-refractivity contribution is 7.11. The van der Waals surface area contributed by atoms with E-state index >= 15 is 0 Å². The number of halogens is 1. The zero-order valence-electron chi connectivity index (χ0n) is 14.3. The molecule has 4 nitrogen and oxygen atoms in total.